The van der Waals surface area contributed by atoms with E-state index in [0.717, 1.165) is 12.8 Å². The monoisotopic (exact) mass is 134 g/mol. The van der Waals surface area contributed by atoms with Crippen molar-refractivity contribution >= 4 is 0 Å². The van der Waals surface area contributed by atoms with Gasteiger partial charge in [-0.15, -0.1) is 0 Å². The third-order valence-electron chi connectivity index (χ3n) is 1.89. The lowest BCUT2D eigenvalue weighted by molar-refractivity contribution is 1.06. The van der Waals surface area contributed by atoms with Crippen LogP contribution in [0.3, 0.4) is 0 Å². The fraction of sp³-hybridized carbons (Fsp3) is 0.400. The minimum Gasteiger partial charge on any atom is -0.0958 e. The Morgan fingerprint density at radius 2 is 2.10 bits per heavy atom. The van der Waals surface area contributed by atoms with Gasteiger partial charge in [-0.1, -0.05) is 29.9 Å². The van der Waals surface area contributed by atoms with Gasteiger partial charge in [0.1, 0.15) is 0 Å². The van der Waals surface area contributed by atoms with Gasteiger partial charge >= 0.3 is 0 Å². The molecule has 10 heavy (non-hydrogen) atoms. The molecule has 0 bridgehead atoms. The molecule has 0 aromatic rings. The van der Waals surface area contributed by atoms with Crippen LogP contribution < -0.4 is 0 Å². The second-order valence-electron chi connectivity index (χ2n) is 2.97. The van der Waals surface area contributed by atoms with Crippen molar-refractivity contribution in [2.75, 3.05) is 0 Å². The minimum absolute atomic E-state index is 1.08. The van der Waals surface area contributed by atoms with Crippen LogP contribution in [0, 0.1) is 0 Å². The summed E-state index contributed by atoms with van der Waals surface area (Å²) in [5.74, 6) is 0. The Kier molecular flexibility index (Phi) is 2.10. The van der Waals surface area contributed by atoms with Crippen molar-refractivity contribution in [1.29, 1.82) is 0 Å². The molecule has 1 aliphatic rings. The summed E-state index contributed by atoms with van der Waals surface area (Å²) < 4.78 is 0. The average Bonchev–Trinajstić information content (AvgIpc) is 1.88. The molecule has 0 aromatic heterocycles. The van der Waals surface area contributed by atoms with Crippen molar-refractivity contribution in [2.45, 2.75) is 26.7 Å². The van der Waals surface area contributed by atoms with Crippen LogP contribution in [-0.2, 0) is 0 Å². The van der Waals surface area contributed by atoms with Gasteiger partial charge in [0.05, 0.1) is 0 Å². The van der Waals surface area contributed by atoms with Crippen LogP contribution in [0.1, 0.15) is 26.7 Å². The summed E-state index contributed by atoms with van der Waals surface area (Å²) in [4.78, 5) is 0. The van der Waals surface area contributed by atoms with Crippen molar-refractivity contribution in [2.24, 2.45) is 0 Å². The summed E-state index contributed by atoms with van der Waals surface area (Å²) in [6.45, 7) is 8.15. The molecule has 0 atom stereocenters. The molecular formula is C10H14. The Hall–Kier alpha value is -0.780. The third-order valence-corrected chi connectivity index (χ3v) is 1.89. The second kappa shape index (κ2) is 2.87. The maximum Gasteiger partial charge on any atom is -0.00954 e. The summed E-state index contributed by atoms with van der Waals surface area (Å²) >= 11 is 0. The third kappa shape index (κ3) is 1.60. The lowest BCUT2D eigenvalue weighted by Crippen LogP contribution is -1.90. The van der Waals surface area contributed by atoms with Gasteiger partial charge < -0.3 is 0 Å². The second-order valence-corrected chi connectivity index (χ2v) is 2.97. The summed E-state index contributed by atoms with van der Waals surface area (Å²) in [6.07, 6.45) is 6.75. The van der Waals surface area contributed by atoms with Gasteiger partial charge in [0, 0.05) is 0 Å². The van der Waals surface area contributed by atoms with E-state index in [2.05, 4.69) is 32.6 Å². The van der Waals surface area contributed by atoms with Crippen molar-refractivity contribution in [3.8, 4) is 0 Å². The number of hydrogen-bond donors (Lipinski definition) is 0. The molecule has 0 heterocycles. The number of allylic oxidation sites excluding steroid dienone is 5. The molecule has 0 saturated carbocycles. The molecule has 0 aliphatic heterocycles. The van der Waals surface area contributed by atoms with E-state index in [1.165, 1.54) is 16.7 Å². The zero-order valence-corrected chi connectivity index (χ0v) is 6.78. The van der Waals surface area contributed by atoms with Crippen molar-refractivity contribution < 1.29 is 0 Å². The van der Waals surface area contributed by atoms with Crippen LogP contribution in [0.4, 0.5) is 0 Å². The fourth-order valence-electron chi connectivity index (χ4n) is 1.08. The van der Waals surface area contributed by atoms with E-state index in [4.69, 9.17) is 0 Å². The molecule has 0 heteroatoms. The van der Waals surface area contributed by atoms with Crippen LogP contribution in [0.25, 0.3) is 0 Å². The Bertz CT molecular complexity index is 204. The first-order valence-electron chi connectivity index (χ1n) is 3.70. The number of rotatable bonds is 1. The minimum atomic E-state index is 1.08. The first kappa shape index (κ1) is 7.33. The predicted octanol–water partition coefficient (Wildman–Crippen LogP) is 3.23. The molecule has 0 N–H and O–H groups in total. The molecule has 0 unspecified atom stereocenters. The van der Waals surface area contributed by atoms with Crippen molar-refractivity contribution in [1.82, 2.24) is 0 Å². The van der Waals surface area contributed by atoms with Gasteiger partial charge in [0.2, 0.25) is 0 Å². The van der Waals surface area contributed by atoms with Crippen LogP contribution in [0.2, 0.25) is 0 Å². The van der Waals surface area contributed by atoms with E-state index in [-0.39, 0.29) is 0 Å². The number of hydrogen-bond acceptors (Lipinski definition) is 0. The largest absolute Gasteiger partial charge is 0.0958 e. The van der Waals surface area contributed by atoms with E-state index < -0.39 is 0 Å². The van der Waals surface area contributed by atoms with Crippen molar-refractivity contribution in [3.05, 3.63) is 35.5 Å². The maximum absolute atomic E-state index is 3.91. The van der Waals surface area contributed by atoms with Crippen LogP contribution in [-0.4, -0.2) is 0 Å². The smallest absolute Gasteiger partial charge is 0.00954 e. The quantitative estimate of drug-likeness (QED) is 0.483. The summed E-state index contributed by atoms with van der Waals surface area (Å²) in [6, 6.07) is 0. The summed E-state index contributed by atoms with van der Waals surface area (Å²) in [7, 11) is 0. The lowest BCUT2D eigenvalue weighted by Gasteiger charge is -2.10. The lowest BCUT2D eigenvalue weighted by atomic mass is 9.96. The highest BCUT2D eigenvalue weighted by Crippen LogP contribution is 2.21. The van der Waals surface area contributed by atoms with E-state index in [1.54, 1.807) is 0 Å². The van der Waals surface area contributed by atoms with E-state index >= 15 is 0 Å². The van der Waals surface area contributed by atoms with Crippen LogP contribution >= 0.6 is 0 Å². The molecule has 0 amide bonds. The van der Waals surface area contributed by atoms with Gasteiger partial charge in [-0.25, -0.2) is 0 Å². The first-order valence-corrected chi connectivity index (χ1v) is 3.70. The molecule has 0 spiro atoms. The molecule has 0 saturated heterocycles. The maximum atomic E-state index is 3.91. The average molecular weight is 134 g/mol. The Morgan fingerprint density at radius 3 is 2.50 bits per heavy atom. The summed E-state index contributed by atoms with van der Waals surface area (Å²) in [5.41, 5.74) is 4.10. The molecule has 0 nitrogen and oxygen atoms in total. The van der Waals surface area contributed by atoms with E-state index in [1.807, 2.05) is 0 Å². The first-order chi connectivity index (χ1) is 4.70. The van der Waals surface area contributed by atoms with E-state index in [0.29, 0.717) is 0 Å². The molecule has 54 valence electrons. The van der Waals surface area contributed by atoms with Crippen LogP contribution in [0.15, 0.2) is 35.5 Å². The Labute approximate surface area is 62.9 Å². The zero-order chi connectivity index (χ0) is 7.56. The van der Waals surface area contributed by atoms with E-state index in [9.17, 15) is 0 Å². The fourth-order valence-corrected chi connectivity index (χ4v) is 1.08. The highest BCUT2D eigenvalue weighted by atomic mass is 14.1. The van der Waals surface area contributed by atoms with Gasteiger partial charge in [0.25, 0.3) is 0 Å². The molecule has 0 radical (unpaired) electrons. The van der Waals surface area contributed by atoms with Gasteiger partial charge in [-0.3, -0.25) is 0 Å². The zero-order valence-electron chi connectivity index (χ0n) is 6.78. The van der Waals surface area contributed by atoms with Gasteiger partial charge in [-0.2, -0.15) is 0 Å². The highest BCUT2D eigenvalue weighted by molar-refractivity contribution is 5.33. The highest BCUT2D eigenvalue weighted by Gasteiger charge is 2.01. The Balaban J connectivity index is 2.62. The SMILES string of the molecule is C=C(C)C1=CCC(C)=CC1. The van der Waals surface area contributed by atoms with Crippen LogP contribution in [0.5, 0.6) is 0 Å². The topological polar surface area (TPSA) is 0 Å². The molecule has 1 rings (SSSR count). The standard InChI is InChI=1S/C10H14/c1-8(2)10-6-4-9(3)5-7-10/h4,7H,1,5-6H2,2-3H3. The molecule has 0 aromatic carbocycles. The summed E-state index contributed by atoms with van der Waals surface area (Å²) in [5, 5.41) is 0. The predicted molar refractivity (Wildman–Crippen MR) is 45.9 cm³/mol. The molecule has 0 fully saturated rings. The van der Waals surface area contributed by atoms with Gasteiger partial charge in [0.15, 0.2) is 0 Å². The Morgan fingerprint density at radius 1 is 1.40 bits per heavy atom. The molecular weight excluding hydrogens is 120 g/mol. The molecule has 1 aliphatic carbocycles. The van der Waals surface area contributed by atoms with Crippen molar-refractivity contribution in [3.63, 3.8) is 0 Å². The van der Waals surface area contributed by atoms with Gasteiger partial charge in [-0.05, 0) is 32.3 Å². The normalized spacial score (nSPS) is 17.8.